The van der Waals surface area contributed by atoms with Crippen LogP contribution in [0, 0.1) is 5.92 Å². The third-order valence-electron chi connectivity index (χ3n) is 3.98. The molecule has 108 valence electrons. The molecule has 1 aliphatic rings. The van der Waals surface area contributed by atoms with Gasteiger partial charge < -0.3 is 5.32 Å². The summed E-state index contributed by atoms with van der Waals surface area (Å²) in [6, 6.07) is 0. The van der Waals surface area contributed by atoms with E-state index in [1.54, 1.807) is 0 Å². The van der Waals surface area contributed by atoms with E-state index in [9.17, 15) is 0 Å². The molecule has 0 aromatic rings. The van der Waals surface area contributed by atoms with Gasteiger partial charge in [-0.05, 0) is 49.8 Å². The highest BCUT2D eigenvalue weighted by molar-refractivity contribution is 7.99. The van der Waals surface area contributed by atoms with Crippen LogP contribution in [0.1, 0.15) is 71.1 Å². The molecule has 0 unspecified atom stereocenters. The van der Waals surface area contributed by atoms with E-state index in [-0.39, 0.29) is 0 Å². The summed E-state index contributed by atoms with van der Waals surface area (Å²) in [4.78, 5) is 0. The van der Waals surface area contributed by atoms with E-state index in [0.29, 0.717) is 0 Å². The number of unbranched alkanes of at least 4 members (excludes halogenated alkanes) is 7. The highest BCUT2D eigenvalue weighted by atomic mass is 32.2. The first kappa shape index (κ1) is 16.4. The molecule has 0 radical (unpaired) electrons. The lowest BCUT2D eigenvalue weighted by Crippen LogP contribution is -2.26. The van der Waals surface area contributed by atoms with Crippen molar-refractivity contribution in [3.63, 3.8) is 0 Å². The summed E-state index contributed by atoms with van der Waals surface area (Å²) in [6.07, 6.45) is 14.3. The minimum Gasteiger partial charge on any atom is -0.316 e. The molecular formula is C16H33NS. The zero-order valence-corrected chi connectivity index (χ0v) is 13.2. The van der Waals surface area contributed by atoms with E-state index in [4.69, 9.17) is 0 Å². The van der Waals surface area contributed by atoms with Gasteiger partial charge in [-0.25, -0.2) is 0 Å². The van der Waals surface area contributed by atoms with E-state index in [2.05, 4.69) is 24.0 Å². The highest BCUT2D eigenvalue weighted by Gasteiger charge is 2.12. The zero-order chi connectivity index (χ0) is 12.9. The van der Waals surface area contributed by atoms with Crippen molar-refractivity contribution in [2.75, 3.05) is 24.6 Å². The minimum absolute atomic E-state index is 0.972. The van der Waals surface area contributed by atoms with Crippen LogP contribution in [0.5, 0.6) is 0 Å². The van der Waals surface area contributed by atoms with Crippen LogP contribution in [0.25, 0.3) is 0 Å². The van der Waals surface area contributed by atoms with E-state index < -0.39 is 0 Å². The van der Waals surface area contributed by atoms with Crippen molar-refractivity contribution >= 4 is 11.8 Å². The van der Waals surface area contributed by atoms with Crippen LogP contribution >= 0.6 is 11.8 Å². The van der Waals surface area contributed by atoms with E-state index in [1.165, 1.54) is 88.8 Å². The first-order chi connectivity index (χ1) is 8.93. The zero-order valence-electron chi connectivity index (χ0n) is 12.4. The average Bonchev–Trinajstić information content (AvgIpc) is 2.42. The molecule has 2 heteroatoms. The Morgan fingerprint density at radius 3 is 2.17 bits per heavy atom. The van der Waals surface area contributed by atoms with E-state index in [0.717, 1.165) is 5.92 Å². The highest BCUT2D eigenvalue weighted by Crippen LogP contribution is 2.21. The van der Waals surface area contributed by atoms with Crippen LogP contribution in [-0.2, 0) is 0 Å². The molecule has 0 aromatic carbocycles. The molecule has 1 heterocycles. The molecule has 0 amide bonds. The van der Waals surface area contributed by atoms with Crippen LogP contribution in [0.15, 0.2) is 0 Å². The van der Waals surface area contributed by atoms with Crippen LogP contribution in [0.2, 0.25) is 0 Å². The van der Waals surface area contributed by atoms with Crippen LogP contribution in [-0.4, -0.2) is 24.6 Å². The molecule has 1 rings (SSSR count). The number of hydrogen-bond acceptors (Lipinski definition) is 2. The lowest BCUT2D eigenvalue weighted by atomic mass is 10.0. The normalized spacial score (nSPS) is 17.2. The first-order valence-electron chi connectivity index (χ1n) is 8.22. The predicted octanol–water partition coefficient (Wildman–Crippen LogP) is 4.86. The second-order valence-corrected chi connectivity index (χ2v) is 6.96. The monoisotopic (exact) mass is 271 g/mol. The molecule has 1 nitrogen and oxygen atoms in total. The minimum atomic E-state index is 0.972. The topological polar surface area (TPSA) is 12.0 Å². The standard InChI is InChI=1S/C16H33NS/c1-2-3-4-5-6-7-8-9-12-17-15-16-10-13-18-14-11-16/h16-17H,2-15H2,1H3. The average molecular weight is 272 g/mol. The fourth-order valence-corrected chi connectivity index (χ4v) is 3.84. The van der Waals surface area contributed by atoms with Crippen molar-refractivity contribution < 1.29 is 0 Å². The summed E-state index contributed by atoms with van der Waals surface area (Å²) >= 11 is 2.13. The maximum Gasteiger partial charge on any atom is -0.00199 e. The number of nitrogens with one attached hydrogen (secondary N) is 1. The molecule has 1 fully saturated rings. The predicted molar refractivity (Wildman–Crippen MR) is 85.5 cm³/mol. The van der Waals surface area contributed by atoms with Gasteiger partial charge in [0.2, 0.25) is 0 Å². The maximum atomic E-state index is 3.66. The first-order valence-corrected chi connectivity index (χ1v) is 9.37. The lowest BCUT2D eigenvalue weighted by molar-refractivity contribution is 0.441. The Kier molecular flexibility index (Phi) is 11.2. The third-order valence-corrected chi connectivity index (χ3v) is 5.03. The molecule has 0 aromatic heterocycles. The van der Waals surface area contributed by atoms with Gasteiger partial charge in [-0.2, -0.15) is 11.8 Å². The van der Waals surface area contributed by atoms with Gasteiger partial charge in [-0.1, -0.05) is 51.9 Å². The SMILES string of the molecule is CCCCCCCCCCNCC1CCSCC1. The summed E-state index contributed by atoms with van der Waals surface area (Å²) in [5, 5.41) is 3.66. The van der Waals surface area contributed by atoms with Crippen LogP contribution in [0.4, 0.5) is 0 Å². The van der Waals surface area contributed by atoms with Crippen molar-refractivity contribution in [1.82, 2.24) is 5.32 Å². The fraction of sp³-hybridized carbons (Fsp3) is 1.00. The lowest BCUT2D eigenvalue weighted by Gasteiger charge is -2.21. The number of rotatable bonds is 11. The van der Waals surface area contributed by atoms with Gasteiger partial charge in [0.05, 0.1) is 0 Å². The van der Waals surface area contributed by atoms with Crippen molar-refractivity contribution in [3.8, 4) is 0 Å². The Hall–Kier alpha value is 0.310. The van der Waals surface area contributed by atoms with Crippen molar-refractivity contribution in [1.29, 1.82) is 0 Å². The number of thioether (sulfide) groups is 1. The molecule has 0 saturated carbocycles. The van der Waals surface area contributed by atoms with Gasteiger partial charge in [-0.3, -0.25) is 0 Å². The van der Waals surface area contributed by atoms with Crippen molar-refractivity contribution in [2.24, 2.45) is 5.92 Å². The van der Waals surface area contributed by atoms with Gasteiger partial charge in [-0.15, -0.1) is 0 Å². The van der Waals surface area contributed by atoms with E-state index >= 15 is 0 Å². The van der Waals surface area contributed by atoms with Crippen molar-refractivity contribution in [2.45, 2.75) is 71.1 Å². The molecule has 1 saturated heterocycles. The smallest absolute Gasteiger partial charge is 0.00199 e. The van der Waals surface area contributed by atoms with Gasteiger partial charge in [0.15, 0.2) is 0 Å². The Balaban J connectivity index is 1.73. The molecule has 0 spiro atoms. The van der Waals surface area contributed by atoms with E-state index in [1.807, 2.05) is 0 Å². The van der Waals surface area contributed by atoms with Gasteiger partial charge in [0, 0.05) is 0 Å². The molecular weight excluding hydrogens is 238 g/mol. The second-order valence-electron chi connectivity index (χ2n) is 5.73. The second kappa shape index (κ2) is 12.3. The van der Waals surface area contributed by atoms with Gasteiger partial charge >= 0.3 is 0 Å². The van der Waals surface area contributed by atoms with Crippen LogP contribution < -0.4 is 5.32 Å². The Morgan fingerprint density at radius 2 is 1.50 bits per heavy atom. The molecule has 0 aliphatic carbocycles. The summed E-state index contributed by atoms with van der Waals surface area (Å²) in [5.41, 5.74) is 0. The Morgan fingerprint density at radius 1 is 0.889 bits per heavy atom. The summed E-state index contributed by atoms with van der Waals surface area (Å²) in [5.74, 6) is 3.76. The van der Waals surface area contributed by atoms with Crippen molar-refractivity contribution in [3.05, 3.63) is 0 Å². The molecule has 0 atom stereocenters. The summed E-state index contributed by atoms with van der Waals surface area (Å²) in [7, 11) is 0. The van der Waals surface area contributed by atoms with Gasteiger partial charge in [0.1, 0.15) is 0 Å². The summed E-state index contributed by atoms with van der Waals surface area (Å²) in [6.45, 7) is 4.81. The molecule has 1 N–H and O–H groups in total. The quantitative estimate of drug-likeness (QED) is 0.539. The Bertz CT molecular complexity index is 166. The third kappa shape index (κ3) is 9.27. The molecule has 18 heavy (non-hydrogen) atoms. The maximum absolute atomic E-state index is 3.66. The molecule has 0 bridgehead atoms. The molecule has 1 aliphatic heterocycles. The Labute approximate surface area is 119 Å². The number of hydrogen-bond donors (Lipinski definition) is 1. The van der Waals surface area contributed by atoms with Gasteiger partial charge in [0.25, 0.3) is 0 Å². The van der Waals surface area contributed by atoms with Crippen LogP contribution in [0.3, 0.4) is 0 Å². The fourth-order valence-electron chi connectivity index (χ4n) is 2.64. The largest absolute Gasteiger partial charge is 0.316 e. The summed E-state index contributed by atoms with van der Waals surface area (Å²) < 4.78 is 0.